The van der Waals surface area contributed by atoms with Crippen LogP contribution in [0.1, 0.15) is 41.0 Å². The number of amides is 1. The van der Waals surface area contributed by atoms with Gasteiger partial charge in [-0.25, -0.2) is 0 Å². The molecule has 1 aliphatic rings. The standard InChI is InChI=1S/C21H29N3O2/c1-16-14-20(21(25)22-10-13-23-11-5-4-6-12-23)17(2)24(16)18-8-7-9-19(15-18)26-3/h7-9,14-15H,4-6,10-13H2,1-3H3,(H,22,25). The fourth-order valence-corrected chi connectivity index (χ4v) is 3.75. The molecular formula is C21H29N3O2. The SMILES string of the molecule is COc1cccc(-n2c(C)cc(C(=O)NCCN3CCCCC3)c2C)c1. The zero-order chi connectivity index (χ0) is 18.5. The highest BCUT2D eigenvalue weighted by Crippen LogP contribution is 2.23. The first-order valence-corrected chi connectivity index (χ1v) is 9.44. The van der Waals surface area contributed by atoms with Crippen LogP contribution in [0.4, 0.5) is 0 Å². The molecule has 1 amide bonds. The maximum atomic E-state index is 12.7. The van der Waals surface area contributed by atoms with E-state index in [-0.39, 0.29) is 5.91 Å². The molecule has 1 N–H and O–H groups in total. The average Bonchev–Trinajstić information content (AvgIpc) is 2.97. The number of nitrogens with one attached hydrogen (secondary N) is 1. The maximum Gasteiger partial charge on any atom is 0.253 e. The van der Waals surface area contributed by atoms with E-state index < -0.39 is 0 Å². The maximum absolute atomic E-state index is 12.7. The van der Waals surface area contributed by atoms with Crippen molar-refractivity contribution in [2.75, 3.05) is 33.3 Å². The Kier molecular flexibility index (Phi) is 5.99. The molecule has 0 bridgehead atoms. The van der Waals surface area contributed by atoms with Crippen molar-refractivity contribution in [2.24, 2.45) is 0 Å². The zero-order valence-electron chi connectivity index (χ0n) is 16.0. The number of carbonyl (C=O) groups is 1. The molecule has 2 heterocycles. The molecule has 140 valence electrons. The van der Waals surface area contributed by atoms with Gasteiger partial charge in [0, 0.05) is 36.2 Å². The summed E-state index contributed by atoms with van der Waals surface area (Å²) in [4.78, 5) is 15.1. The minimum absolute atomic E-state index is 0.00394. The third-order valence-electron chi connectivity index (χ3n) is 5.15. The highest BCUT2D eigenvalue weighted by Gasteiger charge is 2.17. The number of hydrogen-bond donors (Lipinski definition) is 1. The molecule has 1 aliphatic heterocycles. The van der Waals surface area contributed by atoms with Gasteiger partial charge in [-0.2, -0.15) is 0 Å². The summed E-state index contributed by atoms with van der Waals surface area (Å²) >= 11 is 0. The topological polar surface area (TPSA) is 46.5 Å². The van der Waals surface area contributed by atoms with Gasteiger partial charge in [0.1, 0.15) is 5.75 Å². The molecule has 0 aliphatic carbocycles. The van der Waals surface area contributed by atoms with Gasteiger partial charge in [-0.3, -0.25) is 4.79 Å². The summed E-state index contributed by atoms with van der Waals surface area (Å²) in [6.07, 6.45) is 3.88. The Morgan fingerprint density at radius 3 is 2.65 bits per heavy atom. The number of aromatic nitrogens is 1. The first-order chi connectivity index (χ1) is 12.6. The van der Waals surface area contributed by atoms with Crippen molar-refractivity contribution < 1.29 is 9.53 Å². The van der Waals surface area contributed by atoms with E-state index in [1.54, 1.807) is 7.11 Å². The minimum Gasteiger partial charge on any atom is -0.497 e. The molecule has 1 aromatic heterocycles. The fraction of sp³-hybridized carbons (Fsp3) is 0.476. The molecular weight excluding hydrogens is 326 g/mol. The lowest BCUT2D eigenvalue weighted by Gasteiger charge is -2.26. The molecule has 2 aromatic rings. The Bertz CT molecular complexity index is 761. The number of ether oxygens (including phenoxy) is 1. The number of benzene rings is 1. The summed E-state index contributed by atoms with van der Waals surface area (Å²) in [5.41, 5.74) is 3.74. The number of nitrogens with zero attached hydrogens (tertiary/aromatic N) is 2. The predicted molar refractivity (Wildman–Crippen MR) is 104 cm³/mol. The summed E-state index contributed by atoms with van der Waals surface area (Å²) in [6.45, 7) is 7.95. The summed E-state index contributed by atoms with van der Waals surface area (Å²) in [5, 5.41) is 3.08. The van der Waals surface area contributed by atoms with Gasteiger partial charge < -0.3 is 19.5 Å². The van der Waals surface area contributed by atoms with Gasteiger partial charge in [-0.05, 0) is 58.0 Å². The van der Waals surface area contributed by atoms with E-state index in [0.29, 0.717) is 6.54 Å². The van der Waals surface area contributed by atoms with Crippen LogP contribution < -0.4 is 10.1 Å². The van der Waals surface area contributed by atoms with E-state index in [9.17, 15) is 4.79 Å². The molecule has 5 nitrogen and oxygen atoms in total. The lowest BCUT2D eigenvalue weighted by molar-refractivity contribution is 0.0946. The van der Waals surface area contributed by atoms with E-state index in [2.05, 4.69) is 14.8 Å². The number of carbonyl (C=O) groups excluding carboxylic acids is 1. The summed E-state index contributed by atoms with van der Waals surface area (Å²) in [6, 6.07) is 9.86. The van der Waals surface area contributed by atoms with Crippen LogP contribution in [-0.4, -0.2) is 48.7 Å². The van der Waals surface area contributed by atoms with Gasteiger partial charge in [0.15, 0.2) is 0 Å². The number of aryl methyl sites for hydroxylation is 1. The predicted octanol–water partition coefficient (Wildman–Crippen LogP) is 3.32. The van der Waals surface area contributed by atoms with Gasteiger partial charge in [-0.1, -0.05) is 12.5 Å². The van der Waals surface area contributed by atoms with Crippen molar-refractivity contribution >= 4 is 5.91 Å². The normalized spacial score (nSPS) is 15.0. The molecule has 1 fully saturated rings. The molecule has 0 radical (unpaired) electrons. The second kappa shape index (κ2) is 8.41. The summed E-state index contributed by atoms with van der Waals surface area (Å²) in [5.74, 6) is 0.812. The van der Waals surface area contributed by atoms with Gasteiger partial charge in [0.2, 0.25) is 0 Å². The average molecular weight is 355 g/mol. The van der Waals surface area contributed by atoms with Crippen LogP contribution in [0.3, 0.4) is 0 Å². The second-order valence-corrected chi connectivity index (χ2v) is 6.98. The zero-order valence-corrected chi connectivity index (χ0v) is 16.0. The Labute approximate surface area is 156 Å². The van der Waals surface area contributed by atoms with Gasteiger partial charge in [0.05, 0.1) is 12.7 Å². The minimum atomic E-state index is 0.00394. The quantitative estimate of drug-likeness (QED) is 0.865. The van der Waals surface area contributed by atoms with Crippen molar-refractivity contribution in [1.29, 1.82) is 0 Å². The second-order valence-electron chi connectivity index (χ2n) is 6.98. The van der Waals surface area contributed by atoms with Crippen molar-refractivity contribution in [3.63, 3.8) is 0 Å². The summed E-state index contributed by atoms with van der Waals surface area (Å²) < 4.78 is 7.42. The first-order valence-electron chi connectivity index (χ1n) is 9.44. The van der Waals surface area contributed by atoms with Crippen LogP contribution in [0.2, 0.25) is 0 Å². The highest BCUT2D eigenvalue weighted by atomic mass is 16.5. The molecule has 0 unspecified atom stereocenters. The van der Waals surface area contributed by atoms with E-state index in [1.807, 2.05) is 44.2 Å². The van der Waals surface area contributed by atoms with E-state index in [0.717, 1.165) is 48.0 Å². The number of likely N-dealkylation sites (tertiary alicyclic amines) is 1. The van der Waals surface area contributed by atoms with Gasteiger partial charge in [-0.15, -0.1) is 0 Å². The van der Waals surface area contributed by atoms with E-state index in [1.165, 1.54) is 19.3 Å². The van der Waals surface area contributed by atoms with Crippen molar-refractivity contribution in [3.8, 4) is 11.4 Å². The van der Waals surface area contributed by atoms with E-state index in [4.69, 9.17) is 4.74 Å². The number of rotatable bonds is 6. The Hall–Kier alpha value is -2.27. The van der Waals surface area contributed by atoms with Crippen LogP contribution >= 0.6 is 0 Å². The van der Waals surface area contributed by atoms with Crippen LogP contribution in [-0.2, 0) is 0 Å². The Morgan fingerprint density at radius 2 is 1.92 bits per heavy atom. The van der Waals surface area contributed by atoms with Gasteiger partial charge in [0.25, 0.3) is 5.91 Å². The lowest BCUT2D eigenvalue weighted by Crippen LogP contribution is -2.37. The molecule has 0 atom stereocenters. The summed E-state index contributed by atoms with van der Waals surface area (Å²) in [7, 11) is 1.66. The molecule has 1 aromatic carbocycles. The van der Waals surface area contributed by atoms with Gasteiger partial charge >= 0.3 is 0 Å². The Morgan fingerprint density at radius 1 is 1.15 bits per heavy atom. The van der Waals surface area contributed by atoms with Crippen LogP contribution in [0.25, 0.3) is 5.69 Å². The molecule has 0 saturated carbocycles. The number of hydrogen-bond acceptors (Lipinski definition) is 3. The number of methoxy groups -OCH3 is 1. The third-order valence-corrected chi connectivity index (χ3v) is 5.15. The van der Waals surface area contributed by atoms with Crippen molar-refractivity contribution in [1.82, 2.24) is 14.8 Å². The third kappa shape index (κ3) is 4.10. The Balaban J connectivity index is 1.69. The largest absolute Gasteiger partial charge is 0.497 e. The molecule has 1 saturated heterocycles. The highest BCUT2D eigenvalue weighted by molar-refractivity contribution is 5.95. The lowest BCUT2D eigenvalue weighted by atomic mass is 10.1. The van der Waals surface area contributed by atoms with Crippen LogP contribution in [0, 0.1) is 13.8 Å². The molecule has 0 spiro atoms. The van der Waals surface area contributed by atoms with E-state index >= 15 is 0 Å². The molecule has 3 rings (SSSR count). The molecule has 26 heavy (non-hydrogen) atoms. The first kappa shape index (κ1) is 18.5. The van der Waals surface area contributed by atoms with Crippen LogP contribution in [0.15, 0.2) is 30.3 Å². The van der Waals surface area contributed by atoms with Crippen molar-refractivity contribution in [3.05, 3.63) is 47.3 Å². The smallest absolute Gasteiger partial charge is 0.253 e. The fourth-order valence-electron chi connectivity index (χ4n) is 3.75. The van der Waals surface area contributed by atoms with Crippen molar-refractivity contribution in [2.45, 2.75) is 33.1 Å². The van der Waals surface area contributed by atoms with Crippen LogP contribution in [0.5, 0.6) is 5.75 Å². The number of piperidine rings is 1. The monoisotopic (exact) mass is 355 g/mol. The molecule has 5 heteroatoms.